The monoisotopic (exact) mass is 343 g/mol. The largest absolute Gasteiger partial charge is 0.480 e. The fourth-order valence-electron chi connectivity index (χ4n) is 2.43. The van der Waals surface area contributed by atoms with Crippen LogP contribution < -0.4 is 11.1 Å². The molecule has 0 saturated carbocycles. The van der Waals surface area contributed by atoms with Gasteiger partial charge in [0.05, 0.1) is 19.4 Å². The highest BCUT2D eigenvalue weighted by atomic mass is 31.2. The number of rotatable bonds is 5. The Morgan fingerprint density at radius 1 is 1.41 bits per heavy atom. The van der Waals surface area contributed by atoms with Gasteiger partial charge in [0.15, 0.2) is 0 Å². The fraction of sp³-hybridized carbons (Fsp3) is 0.889. The molecule has 22 heavy (non-hydrogen) atoms. The van der Waals surface area contributed by atoms with Crippen LogP contribution in [0.1, 0.15) is 0 Å². The molecule has 2 aliphatic heterocycles. The van der Waals surface area contributed by atoms with Crippen molar-refractivity contribution in [1.29, 1.82) is 0 Å². The smallest absolute Gasteiger partial charge is 0.469 e. The number of aliphatic hydroxyl groups is 2. The third-order valence-corrected chi connectivity index (χ3v) is 4.04. The molecule has 8 N–H and O–H groups in total. The van der Waals surface area contributed by atoms with E-state index in [4.69, 9.17) is 25.4 Å². The number of phosphoric ester groups is 1. The molecular formula is C9H18N3O9P. The number of ether oxygens (including phenoxy) is 1. The average Bonchev–Trinajstić information content (AvgIpc) is 2.90. The lowest BCUT2D eigenvalue weighted by molar-refractivity contribution is -0.141. The summed E-state index contributed by atoms with van der Waals surface area (Å²) in [7, 11) is -4.75. The van der Waals surface area contributed by atoms with Crippen molar-refractivity contribution in [3.63, 3.8) is 0 Å². The molecule has 0 amide bonds. The standard InChI is InChI=1S/C9H18N3O9P/c10-7-4(9(15)16)11-2-12(7)8-6(14)5(13)3(21-8)1-20-22(17,18)19/h3-8,11,13-14H,1-2,10H2,(H,15,16)(H2,17,18,19)/t3-,4-,5-,6-,7?,8-/m1/s1. The Bertz CT molecular complexity index is 473. The molecule has 2 fully saturated rings. The van der Waals surface area contributed by atoms with Crippen LogP contribution in [0.25, 0.3) is 0 Å². The van der Waals surface area contributed by atoms with Crippen LogP contribution in [0.5, 0.6) is 0 Å². The zero-order chi connectivity index (χ0) is 16.7. The van der Waals surface area contributed by atoms with E-state index in [9.17, 15) is 19.6 Å². The van der Waals surface area contributed by atoms with E-state index in [1.54, 1.807) is 0 Å². The summed E-state index contributed by atoms with van der Waals surface area (Å²) in [6, 6.07) is -1.07. The molecule has 0 aliphatic carbocycles. The summed E-state index contributed by atoms with van der Waals surface area (Å²) < 4.78 is 20.2. The molecule has 6 atom stereocenters. The van der Waals surface area contributed by atoms with Gasteiger partial charge in [-0.25, -0.2) is 9.46 Å². The maximum Gasteiger partial charge on any atom is 0.469 e. The van der Waals surface area contributed by atoms with Gasteiger partial charge < -0.3 is 35.6 Å². The van der Waals surface area contributed by atoms with Crippen LogP contribution in [-0.2, 0) is 18.6 Å². The first-order valence-corrected chi connectivity index (χ1v) is 7.84. The van der Waals surface area contributed by atoms with Crippen LogP contribution in [0.2, 0.25) is 0 Å². The van der Waals surface area contributed by atoms with E-state index in [0.29, 0.717) is 0 Å². The molecule has 0 spiro atoms. The quantitative estimate of drug-likeness (QED) is 0.240. The molecule has 0 aromatic rings. The van der Waals surface area contributed by atoms with Gasteiger partial charge in [-0.2, -0.15) is 0 Å². The Labute approximate surface area is 124 Å². The predicted octanol–water partition coefficient (Wildman–Crippen LogP) is -3.86. The third-order valence-electron chi connectivity index (χ3n) is 3.56. The number of carboxylic acids is 1. The minimum atomic E-state index is -4.75. The first kappa shape index (κ1) is 17.7. The Hall–Kier alpha value is -0.660. The maximum absolute atomic E-state index is 11.0. The van der Waals surface area contributed by atoms with Crippen LogP contribution in [0.15, 0.2) is 0 Å². The molecule has 0 bridgehead atoms. The van der Waals surface area contributed by atoms with Crippen molar-refractivity contribution in [3.05, 3.63) is 0 Å². The first-order valence-electron chi connectivity index (χ1n) is 6.31. The van der Waals surface area contributed by atoms with Crippen molar-refractivity contribution in [2.24, 2.45) is 5.73 Å². The number of phosphoric acid groups is 1. The molecule has 2 rings (SSSR count). The summed E-state index contributed by atoms with van der Waals surface area (Å²) in [5.41, 5.74) is 5.75. The summed E-state index contributed by atoms with van der Waals surface area (Å²) in [4.78, 5) is 29.5. The summed E-state index contributed by atoms with van der Waals surface area (Å²) in [5, 5.41) is 31.4. The zero-order valence-electron chi connectivity index (χ0n) is 11.2. The molecule has 13 heteroatoms. The maximum atomic E-state index is 11.0. The number of hydrogen-bond acceptors (Lipinski definition) is 9. The number of nitrogens with one attached hydrogen (secondary N) is 1. The highest BCUT2D eigenvalue weighted by Gasteiger charge is 2.50. The van der Waals surface area contributed by atoms with Gasteiger partial charge >= 0.3 is 13.8 Å². The SMILES string of the molecule is NC1[C@H](C(=O)O)NCN1[C@@H]1O[C@H](COP(=O)(O)O)[C@@H](O)[C@H]1O. The Morgan fingerprint density at radius 2 is 2.05 bits per heavy atom. The van der Waals surface area contributed by atoms with Crippen LogP contribution >= 0.6 is 7.82 Å². The van der Waals surface area contributed by atoms with E-state index in [-0.39, 0.29) is 6.67 Å². The number of aliphatic hydroxyl groups excluding tert-OH is 2. The Morgan fingerprint density at radius 3 is 2.55 bits per heavy atom. The second kappa shape index (κ2) is 6.45. The molecule has 0 aromatic carbocycles. The highest BCUT2D eigenvalue weighted by molar-refractivity contribution is 7.46. The lowest BCUT2D eigenvalue weighted by Gasteiger charge is -2.29. The zero-order valence-corrected chi connectivity index (χ0v) is 12.1. The second-order valence-corrected chi connectivity index (χ2v) is 6.25. The van der Waals surface area contributed by atoms with E-state index >= 15 is 0 Å². The van der Waals surface area contributed by atoms with Crippen LogP contribution in [0.4, 0.5) is 0 Å². The molecule has 2 heterocycles. The molecule has 2 saturated heterocycles. The van der Waals surface area contributed by atoms with Crippen molar-refractivity contribution in [3.8, 4) is 0 Å². The fourth-order valence-corrected chi connectivity index (χ4v) is 2.77. The normalized spacial score (nSPS) is 40.2. The van der Waals surface area contributed by atoms with Gasteiger partial charge in [0, 0.05) is 0 Å². The van der Waals surface area contributed by atoms with Gasteiger partial charge in [0.1, 0.15) is 30.6 Å². The summed E-state index contributed by atoms with van der Waals surface area (Å²) in [6.07, 6.45) is -6.24. The molecular weight excluding hydrogens is 325 g/mol. The van der Waals surface area contributed by atoms with Gasteiger partial charge in [-0.3, -0.25) is 14.6 Å². The van der Waals surface area contributed by atoms with Crippen LogP contribution in [0, 0.1) is 0 Å². The lowest BCUT2D eigenvalue weighted by Crippen LogP contribution is -2.53. The van der Waals surface area contributed by atoms with Crippen molar-refractivity contribution in [1.82, 2.24) is 10.2 Å². The minimum absolute atomic E-state index is 0.00134. The number of aliphatic carboxylic acids is 1. The molecule has 128 valence electrons. The molecule has 0 radical (unpaired) electrons. The predicted molar refractivity (Wildman–Crippen MR) is 67.9 cm³/mol. The second-order valence-electron chi connectivity index (χ2n) is 5.02. The third kappa shape index (κ3) is 3.63. The van der Waals surface area contributed by atoms with Gasteiger partial charge in [0.2, 0.25) is 0 Å². The number of nitrogens with two attached hydrogens (primary N) is 1. The van der Waals surface area contributed by atoms with Crippen molar-refractivity contribution < 1.29 is 43.7 Å². The number of hydrogen-bond donors (Lipinski definition) is 7. The van der Waals surface area contributed by atoms with Crippen LogP contribution in [-0.4, -0.2) is 86.0 Å². The van der Waals surface area contributed by atoms with Gasteiger partial charge in [-0.15, -0.1) is 0 Å². The molecule has 0 aromatic heterocycles. The van der Waals surface area contributed by atoms with Gasteiger partial charge in [-0.1, -0.05) is 0 Å². The van der Waals surface area contributed by atoms with E-state index in [1.807, 2.05) is 0 Å². The van der Waals surface area contributed by atoms with Crippen molar-refractivity contribution >= 4 is 13.8 Å². The van der Waals surface area contributed by atoms with E-state index in [2.05, 4.69) is 9.84 Å². The number of carboxylic acid groups (broad SMARTS) is 1. The summed E-state index contributed by atoms with van der Waals surface area (Å²) in [5.74, 6) is -1.18. The van der Waals surface area contributed by atoms with Crippen LogP contribution in [0.3, 0.4) is 0 Å². The highest BCUT2D eigenvalue weighted by Crippen LogP contribution is 2.37. The molecule has 1 unspecified atom stereocenters. The topological polar surface area (TPSA) is 195 Å². The van der Waals surface area contributed by atoms with Gasteiger partial charge in [0.25, 0.3) is 0 Å². The minimum Gasteiger partial charge on any atom is -0.480 e. The number of carbonyl (C=O) groups is 1. The first-order chi connectivity index (χ1) is 10.1. The Balaban J connectivity index is 2.01. The van der Waals surface area contributed by atoms with Crippen molar-refractivity contribution in [2.45, 2.75) is 36.7 Å². The van der Waals surface area contributed by atoms with E-state index in [0.717, 1.165) is 0 Å². The van der Waals surface area contributed by atoms with E-state index in [1.165, 1.54) is 4.90 Å². The molecule has 12 nitrogen and oxygen atoms in total. The summed E-state index contributed by atoms with van der Waals surface area (Å²) in [6.45, 7) is -0.642. The number of nitrogens with zero attached hydrogens (tertiary/aromatic N) is 1. The van der Waals surface area contributed by atoms with Crippen molar-refractivity contribution in [2.75, 3.05) is 13.3 Å². The van der Waals surface area contributed by atoms with E-state index < -0.39 is 57.1 Å². The molecule has 2 aliphatic rings. The Kier molecular flexibility index (Phi) is 5.19. The summed E-state index contributed by atoms with van der Waals surface area (Å²) >= 11 is 0. The average molecular weight is 343 g/mol. The lowest BCUT2D eigenvalue weighted by atomic mass is 10.1. The van der Waals surface area contributed by atoms with Gasteiger partial charge in [-0.05, 0) is 0 Å².